The van der Waals surface area contributed by atoms with E-state index in [4.69, 9.17) is 4.99 Å². The fourth-order valence-corrected chi connectivity index (χ4v) is 4.07. The van der Waals surface area contributed by atoms with Gasteiger partial charge in [-0.3, -0.25) is 10.1 Å². The molecule has 5 nitrogen and oxygen atoms in total. The summed E-state index contributed by atoms with van der Waals surface area (Å²) in [6.07, 6.45) is 9.10. The zero-order valence-electron chi connectivity index (χ0n) is 17.1. The summed E-state index contributed by atoms with van der Waals surface area (Å²) in [5, 5.41) is 14.0. The van der Waals surface area contributed by atoms with E-state index in [9.17, 15) is 0 Å². The molecule has 6 heteroatoms. The molecule has 0 saturated heterocycles. The maximum Gasteiger partial charge on any atom is 0.191 e. The van der Waals surface area contributed by atoms with Crippen LogP contribution in [-0.2, 0) is 11.8 Å². The highest BCUT2D eigenvalue weighted by molar-refractivity contribution is 14.0. The van der Waals surface area contributed by atoms with E-state index >= 15 is 0 Å². The number of nitrogens with zero attached hydrogens (tertiary/aromatic N) is 2. The molecule has 154 valence electrons. The lowest BCUT2D eigenvalue weighted by atomic mass is 9.79. The van der Waals surface area contributed by atoms with E-state index in [-0.39, 0.29) is 29.4 Å². The van der Waals surface area contributed by atoms with Crippen molar-refractivity contribution in [3.05, 3.63) is 53.3 Å². The first-order valence-electron chi connectivity index (χ1n) is 10.3. The topological polar surface area (TPSA) is 65.1 Å². The molecule has 2 aromatic rings. The molecule has 3 rings (SSSR count). The van der Waals surface area contributed by atoms with Gasteiger partial charge < -0.3 is 10.6 Å². The number of hydrogen-bond acceptors (Lipinski definition) is 2. The Labute approximate surface area is 186 Å². The van der Waals surface area contributed by atoms with Crippen LogP contribution < -0.4 is 10.6 Å². The Balaban J connectivity index is 0.00000280. The Hall–Kier alpha value is -1.57. The van der Waals surface area contributed by atoms with E-state index in [1.807, 2.05) is 6.20 Å². The molecule has 1 aromatic heterocycles. The molecule has 0 unspecified atom stereocenters. The van der Waals surface area contributed by atoms with Gasteiger partial charge in [-0.2, -0.15) is 5.10 Å². The molecular formula is C22H34IN5. The van der Waals surface area contributed by atoms with Crippen LogP contribution in [0.4, 0.5) is 0 Å². The lowest BCUT2D eigenvalue weighted by Crippen LogP contribution is -2.39. The van der Waals surface area contributed by atoms with Gasteiger partial charge in [0.1, 0.15) is 0 Å². The summed E-state index contributed by atoms with van der Waals surface area (Å²) >= 11 is 0. The van der Waals surface area contributed by atoms with Gasteiger partial charge in [-0.25, -0.2) is 0 Å². The van der Waals surface area contributed by atoms with Gasteiger partial charge in [-0.05, 0) is 50.7 Å². The first kappa shape index (κ1) is 22.7. The highest BCUT2D eigenvalue weighted by Crippen LogP contribution is 2.41. The molecule has 0 aliphatic heterocycles. The number of H-pyrrole nitrogens is 1. The maximum absolute atomic E-state index is 4.97. The van der Waals surface area contributed by atoms with Gasteiger partial charge in [0.25, 0.3) is 0 Å². The molecule has 0 spiro atoms. The van der Waals surface area contributed by atoms with Crippen molar-refractivity contribution in [3.63, 3.8) is 0 Å². The van der Waals surface area contributed by atoms with Gasteiger partial charge >= 0.3 is 0 Å². The van der Waals surface area contributed by atoms with E-state index in [1.54, 1.807) is 0 Å². The predicted molar refractivity (Wildman–Crippen MR) is 128 cm³/mol. The molecule has 1 aromatic carbocycles. The number of aromatic amines is 1. The smallest absolute Gasteiger partial charge is 0.191 e. The number of halogens is 1. The lowest BCUT2D eigenvalue weighted by molar-refractivity contribution is 0.452. The minimum absolute atomic E-state index is 0. The number of aromatic nitrogens is 2. The first-order chi connectivity index (χ1) is 13.2. The van der Waals surface area contributed by atoms with E-state index in [2.05, 4.69) is 65.0 Å². The molecule has 28 heavy (non-hydrogen) atoms. The molecule has 1 saturated carbocycles. The van der Waals surface area contributed by atoms with Crippen molar-refractivity contribution in [1.82, 2.24) is 20.8 Å². The first-order valence-corrected chi connectivity index (χ1v) is 10.3. The number of rotatable bonds is 8. The maximum atomic E-state index is 4.97. The minimum Gasteiger partial charge on any atom is -0.357 e. The molecule has 0 atom stereocenters. The average Bonchev–Trinajstić information content (AvgIpc) is 3.34. The summed E-state index contributed by atoms with van der Waals surface area (Å²) in [6, 6.07) is 11.0. The summed E-state index contributed by atoms with van der Waals surface area (Å²) in [7, 11) is 0. The molecule has 1 fully saturated rings. The number of benzene rings is 1. The Morgan fingerprint density at radius 1 is 1.18 bits per heavy atom. The Kier molecular flexibility index (Phi) is 9.28. The van der Waals surface area contributed by atoms with Crippen molar-refractivity contribution >= 4 is 29.9 Å². The third-order valence-electron chi connectivity index (χ3n) is 5.68. The predicted octanol–water partition coefficient (Wildman–Crippen LogP) is 4.34. The second-order valence-corrected chi connectivity index (χ2v) is 7.60. The molecule has 0 amide bonds. The molecule has 1 heterocycles. The molecular weight excluding hydrogens is 461 g/mol. The van der Waals surface area contributed by atoms with Crippen LogP contribution in [0, 0.1) is 6.92 Å². The van der Waals surface area contributed by atoms with Crippen LogP contribution in [0.2, 0.25) is 0 Å². The number of aryl methyl sites for hydroxylation is 2. The third kappa shape index (κ3) is 5.96. The number of hydrogen-bond donors (Lipinski definition) is 3. The summed E-state index contributed by atoms with van der Waals surface area (Å²) < 4.78 is 0. The van der Waals surface area contributed by atoms with Gasteiger partial charge in [0.05, 0.1) is 12.7 Å². The number of guanidine groups is 1. The second-order valence-electron chi connectivity index (χ2n) is 7.60. The van der Waals surface area contributed by atoms with Crippen molar-refractivity contribution < 1.29 is 0 Å². The molecule has 0 bridgehead atoms. The van der Waals surface area contributed by atoms with Crippen molar-refractivity contribution in [2.45, 2.75) is 57.8 Å². The third-order valence-corrected chi connectivity index (χ3v) is 5.68. The van der Waals surface area contributed by atoms with Gasteiger partial charge in [0.15, 0.2) is 5.96 Å². The van der Waals surface area contributed by atoms with Crippen molar-refractivity contribution in [2.24, 2.45) is 4.99 Å². The summed E-state index contributed by atoms with van der Waals surface area (Å²) in [6.45, 7) is 6.84. The van der Waals surface area contributed by atoms with Crippen LogP contribution in [0.5, 0.6) is 0 Å². The Morgan fingerprint density at radius 2 is 1.93 bits per heavy atom. The van der Waals surface area contributed by atoms with Crippen LogP contribution in [0.25, 0.3) is 0 Å². The summed E-state index contributed by atoms with van der Waals surface area (Å²) in [5.74, 6) is 0.934. The van der Waals surface area contributed by atoms with Crippen molar-refractivity contribution in [1.29, 1.82) is 0 Å². The summed E-state index contributed by atoms with van der Waals surface area (Å²) in [5.41, 5.74) is 4.12. The van der Waals surface area contributed by atoms with Crippen molar-refractivity contribution in [2.75, 3.05) is 19.6 Å². The fraction of sp³-hybridized carbons (Fsp3) is 0.545. The second kappa shape index (κ2) is 11.4. The minimum atomic E-state index is 0. The van der Waals surface area contributed by atoms with E-state index in [0.717, 1.165) is 38.4 Å². The zero-order chi connectivity index (χ0) is 19.0. The van der Waals surface area contributed by atoms with Gasteiger partial charge in [0, 0.05) is 24.2 Å². The normalized spacial score (nSPS) is 15.9. The quantitative estimate of drug-likeness (QED) is 0.221. The highest BCUT2D eigenvalue weighted by Gasteiger charge is 2.35. The molecule has 1 aliphatic carbocycles. The van der Waals surface area contributed by atoms with Gasteiger partial charge in [-0.1, -0.05) is 43.2 Å². The van der Waals surface area contributed by atoms with E-state index in [0.29, 0.717) is 0 Å². The standard InChI is InChI=1S/C22H33N5.HI/c1-3-23-21(24-15-9-10-19-16-26-27-18(19)2)25-17-22(13-7-8-14-22)20-11-5-4-6-12-20;/h4-6,11-12,16H,3,7-10,13-15,17H2,1-2H3,(H,26,27)(H2,23,24,25);1H. The molecule has 3 N–H and O–H groups in total. The average molecular weight is 495 g/mol. The van der Waals surface area contributed by atoms with E-state index in [1.165, 1.54) is 42.5 Å². The Bertz CT molecular complexity index is 720. The highest BCUT2D eigenvalue weighted by atomic mass is 127. The van der Waals surface area contributed by atoms with Crippen LogP contribution in [-0.4, -0.2) is 35.8 Å². The van der Waals surface area contributed by atoms with Gasteiger partial charge in [0.2, 0.25) is 0 Å². The van der Waals surface area contributed by atoms with Gasteiger partial charge in [-0.15, -0.1) is 24.0 Å². The van der Waals surface area contributed by atoms with E-state index < -0.39 is 0 Å². The Morgan fingerprint density at radius 3 is 2.57 bits per heavy atom. The zero-order valence-corrected chi connectivity index (χ0v) is 19.5. The summed E-state index contributed by atoms with van der Waals surface area (Å²) in [4.78, 5) is 4.97. The largest absolute Gasteiger partial charge is 0.357 e. The van der Waals surface area contributed by atoms with Crippen LogP contribution in [0.1, 0.15) is 55.8 Å². The van der Waals surface area contributed by atoms with Crippen LogP contribution in [0.15, 0.2) is 41.5 Å². The van der Waals surface area contributed by atoms with Crippen LogP contribution in [0.3, 0.4) is 0 Å². The molecule has 0 radical (unpaired) electrons. The van der Waals surface area contributed by atoms with Crippen LogP contribution >= 0.6 is 24.0 Å². The monoisotopic (exact) mass is 495 g/mol. The number of nitrogens with one attached hydrogen (secondary N) is 3. The molecule has 1 aliphatic rings. The number of aliphatic imine (C=N–C) groups is 1. The van der Waals surface area contributed by atoms with Crippen molar-refractivity contribution in [3.8, 4) is 0 Å². The SMILES string of the molecule is CCNC(=NCC1(c2ccccc2)CCCC1)NCCCc1cn[nH]c1C.I. The fourth-order valence-electron chi connectivity index (χ4n) is 4.07. The lowest BCUT2D eigenvalue weighted by Gasteiger charge is -2.28.